The second-order valence-corrected chi connectivity index (χ2v) is 5.82. The van der Waals surface area contributed by atoms with Crippen LogP contribution in [0.2, 0.25) is 0 Å². The molecule has 118 valence electrons. The lowest BCUT2D eigenvalue weighted by Crippen LogP contribution is -2.27. The number of carbonyl (C=O) groups excluding carboxylic acids is 1. The summed E-state index contributed by atoms with van der Waals surface area (Å²) >= 11 is 3.42. The molecule has 1 N–H and O–H groups in total. The van der Waals surface area contributed by atoms with Crippen LogP contribution >= 0.6 is 15.9 Å². The molecule has 0 aliphatic carbocycles. The van der Waals surface area contributed by atoms with E-state index in [1.165, 1.54) is 0 Å². The fourth-order valence-corrected chi connectivity index (χ4v) is 2.40. The van der Waals surface area contributed by atoms with E-state index in [2.05, 4.69) is 26.2 Å². The predicted octanol–water partition coefficient (Wildman–Crippen LogP) is 3.11. The van der Waals surface area contributed by atoms with Gasteiger partial charge in [0, 0.05) is 30.3 Å². The van der Waals surface area contributed by atoms with Gasteiger partial charge >= 0.3 is 0 Å². The highest BCUT2D eigenvalue weighted by Crippen LogP contribution is 2.24. The Hall–Kier alpha value is -1.66. The van der Waals surface area contributed by atoms with E-state index in [0.29, 0.717) is 30.5 Å². The summed E-state index contributed by atoms with van der Waals surface area (Å²) in [5.74, 6) is 1.14. The number of aryl methyl sites for hydroxylation is 1. The number of oxazole rings is 1. The van der Waals surface area contributed by atoms with Gasteiger partial charge in [0.05, 0.1) is 12.1 Å². The molecule has 0 bridgehead atoms. The molecule has 22 heavy (non-hydrogen) atoms. The number of rotatable bonds is 7. The topological polar surface area (TPSA) is 64.4 Å². The van der Waals surface area contributed by atoms with Gasteiger partial charge < -0.3 is 14.5 Å². The number of halogens is 1. The third kappa shape index (κ3) is 4.68. The fraction of sp³-hybridized carbons (Fsp3) is 0.375. The van der Waals surface area contributed by atoms with Gasteiger partial charge in [-0.15, -0.1) is 0 Å². The van der Waals surface area contributed by atoms with Crippen molar-refractivity contribution in [1.82, 2.24) is 10.3 Å². The summed E-state index contributed by atoms with van der Waals surface area (Å²) in [6.45, 7) is 3.06. The zero-order chi connectivity index (χ0) is 15.9. The molecule has 0 spiro atoms. The van der Waals surface area contributed by atoms with Crippen LogP contribution in [0.3, 0.4) is 0 Å². The first-order chi connectivity index (χ1) is 10.6. The van der Waals surface area contributed by atoms with Crippen LogP contribution in [0.25, 0.3) is 11.5 Å². The van der Waals surface area contributed by atoms with Crippen LogP contribution in [-0.4, -0.2) is 31.2 Å². The fourth-order valence-electron chi connectivity index (χ4n) is 2.00. The molecule has 1 aromatic carbocycles. The number of carbonyl (C=O) groups is 1. The quantitative estimate of drug-likeness (QED) is 0.764. The van der Waals surface area contributed by atoms with Crippen LogP contribution in [-0.2, 0) is 16.0 Å². The predicted molar refractivity (Wildman–Crippen MR) is 87.6 cm³/mol. The van der Waals surface area contributed by atoms with Crippen molar-refractivity contribution >= 4 is 21.8 Å². The molecule has 2 aromatic rings. The molecule has 5 nitrogen and oxygen atoms in total. The third-order valence-corrected chi connectivity index (χ3v) is 3.63. The molecular formula is C16H19BrN2O3. The SMILES string of the molecule is COCCCNC(=O)Cc1nc(-c2cccc(Br)c2)oc1C. The van der Waals surface area contributed by atoms with Crippen molar-refractivity contribution in [2.24, 2.45) is 0 Å². The Balaban J connectivity index is 1.99. The highest BCUT2D eigenvalue weighted by Gasteiger charge is 2.14. The van der Waals surface area contributed by atoms with Crippen LogP contribution in [0.4, 0.5) is 0 Å². The number of amides is 1. The highest BCUT2D eigenvalue weighted by atomic mass is 79.9. The van der Waals surface area contributed by atoms with Crippen molar-refractivity contribution in [3.63, 3.8) is 0 Å². The summed E-state index contributed by atoms with van der Waals surface area (Å²) in [6, 6.07) is 7.71. The van der Waals surface area contributed by atoms with Crippen molar-refractivity contribution in [1.29, 1.82) is 0 Å². The first kappa shape index (κ1) is 16.7. The first-order valence-corrected chi connectivity index (χ1v) is 7.87. The van der Waals surface area contributed by atoms with Crippen LogP contribution in [0, 0.1) is 6.92 Å². The van der Waals surface area contributed by atoms with E-state index in [9.17, 15) is 4.79 Å². The van der Waals surface area contributed by atoms with E-state index in [1.807, 2.05) is 31.2 Å². The van der Waals surface area contributed by atoms with Gasteiger partial charge in [-0.3, -0.25) is 4.79 Å². The van der Waals surface area contributed by atoms with Crippen molar-refractivity contribution in [2.75, 3.05) is 20.3 Å². The molecule has 2 rings (SSSR count). The van der Waals surface area contributed by atoms with Crippen LogP contribution in [0.5, 0.6) is 0 Å². The van der Waals surface area contributed by atoms with Crippen molar-refractivity contribution in [3.8, 4) is 11.5 Å². The Morgan fingerprint density at radius 3 is 3.00 bits per heavy atom. The first-order valence-electron chi connectivity index (χ1n) is 7.08. The largest absolute Gasteiger partial charge is 0.441 e. The molecule has 0 radical (unpaired) electrons. The summed E-state index contributed by atoms with van der Waals surface area (Å²) in [7, 11) is 1.64. The molecule has 0 saturated heterocycles. The lowest BCUT2D eigenvalue weighted by molar-refractivity contribution is -0.120. The summed E-state index contributed by atoms with van der Waals surface area (Å²) in [6.07, 6.45) is 1.01. The second kappa shape index (κ2) is 8.10. The van der Waals surface area contributed by atoms with E-state index < -0.39 is 0 Å². The molecule has 0 aliphatic rings. The Morgan fingerprint density at radius 2 is 2.27 bits per heavy atom. The van der Waals surface area contributed by atoms with Gasteiger partial charge in [-0.1, -0.05) is 22.0 Å². The van der Waals surface area contributed by atoms with E-state index in [0.717, 1.165) is 16.5 Å². The van der Waals surface area contributed by atoms with Crippen LogP contribution < -0.4 is 5.32 Å². The molecule has 6 heteroatoms. The average molecular weight is 367 g/mol. The monoisotopic (exact) mass is 366 g/mol. The number of hydrogen-bond donors (Lipinski definition) is 1. The van der Waals surface area contributed by atoms with Crippen molar-refractivity contribution in [2.45, 2.75) is 19.8 Å². The number of hydrogen-bond acceptors (Lipinski definition) is 4. The Kier molecular flexibility index (Phi) is 6.15. The van der Waals surface area contributed by atoms with E-state index >= 15 is 0 Å². The minimum absolute atomic E-state index is 0.0618. The zero-order valence-corrected chi connectivity index (χ0v) is 14.3. The minimum atomic E-state index is -0.0618. The Bertz CT molecular complexity index is 640. The molecule has 1 amide bonds. The van der Waals surface area contributed by atoms with Gasteiger partial charge in [0.15, 0.2) is 0 Å². The Morgan fingerprint density at radius 1 is 1.45 bits per heavy atom. The molecule has 0 fully saturated rings. The van der Waals surface area contributed by atoms with Gasteiger partial charge in [0.1, 0.15) is 5.76 Å². The van der Waals surface area contributed by atoms with Gasteiger partial charge in [-0.25, -0.2) is 4.98 Å². The highest BCUT2D eigenvalue weighted by molar-refractivity contribution is 9.10. The van der Waals surface area contributed by atoms with Crippen LogP contribution in [0.1, 0.15) is 17.9 Å². The minimum Gasteiger partial charge on any atom is -0.441 e. The van der Waals surface area contributed by atoms with Gasteiger partial charge in [0.25, 0.3) is 0 Å². The van der Waals surface area contributed by atoms with Crippen LogP contribution in [0.15, 0.2) is 33.2 Å². The average Bonchev–Trinajstić information content (AvgIpc) is 2.85. The second-order valence-electron chi connectivity index (χ2n) is 4.91. The zero-order valence-electron chi connectivity index (χ0n) is 12.7. The van der Waals surface area contributed by atoms with Gasteiger partial charge in [0.2, 0.25) is 11.8 Å². The maximum Gasteiger partial charge on any atom is 0.226 e. The number of nitrogens with zero attached hydrogens (tertiary/aromatic N) is 1. The number of nitrogens with one attached hydrogen (secondary N) is 1. The van der Waals surface area contributed by atoms with Gasteiger partial charge in [-0.05, 0) is 31.5 Å². The Labute approximate surface area is 138 Å². The van der Waals surface area contributed by atoms with Crippen molar-refractivity contribution in [3.05, 3.63) is 40.2 Å². The molecule has 0 aliphatic heterocycles. The smallest absolute Gasteiger partial charge is 0.226 e. The molecule has 0 saturated carbocycles. The standard InChI is InChI=1S/C16H19BrN2O3/c1-11-14(10-15(20)18-7-4-8-21-2)19-16(22-11)12-5-3-6-13(17)9-12/h3,5-6,9H,4,7-8,10H2,1-2H3,(H,18,20). The summed E-state index contributed by atoms with van der Waals surface area (Å²) in [5.41, 5.74) is 1.54. The van der Waals surface area contributed by atoms with E-state index in [-0.39, 0.29) is 12.3 Å². The van der Waals surface area contributed by atoms with E-state index in [4.69, 9.17) is 9.15 Å². The number of benzene rings is 1. The molecule has 0 atom stereocenters. The summed E-state index contributed by atoms with van der Waals surface area (Å²) < 4.78 is 11.6. The maximum absolute atomic E-state index is 11.9. The lowest BCUT2D eigenvalue weighted by Gasteiger charge is -2.03. The van der Waals surface area contributed by atoms with Crippen molar-refractivity contribution < 1.29 is 13.9 Å². The summed E-state index contributed by atoms with van der Waals surface area (Å²) in [4.78, 5) is 16.3. The number of methoxy groups -OCH3 is 1. The molecule has 1 aromatic heterocycles. The molecule has 1 heterocycles. The third-order valence-electron chi connectivity index (χ3n) is 3.14. The number of aromatic nitrogens is 1. The van der Waals surface area contributed by atoms with E-state index in [1.54, 1.807) is 7.11 Å². The maximum atomic E-state index is 11.9. The normalized spacial score (nSPS) is 10.7. The summed E-state index contributed by atoms with van der Waals surface area (Å²) in [5, 5.41) is 2.84. The number of ether oxygens (including phenoxy) is 1. The molecule has 0 unspecified atom stereocenters. The van der Waals surface area contributed by atoms with Gasteiger partial charge in [-0.2, -0.15) is 0 Å². The lowest BCUT2D eigenvalue weighted by atomic mass is 10.2. The molecular weight excluding hydrogens is 348 g/mol.